The highest BCUT2D eigenvalue weighted by atomic mass is 35.5. The van der Waals surface area contributed by atoms with Gasteiger partial charge in [-0.2, -0.15) is 0 Å². The van der Waals surface area contributed by atoms with Gasteiger partial charge in [-0.05, 0) is 0 Å². The van der Waals surface area contributed by atoms with E-state index in [4.69, 9.17) is 27.8 Å². The van der Waals surface area contributed by atoms with Crippen molar-refractivity contribution in [2.24, 2.45) is 0 Å². The average molecular weight is 163 g/mol. The van der Waals surface area contributed by atoms with Crippen LogP contribution >= 0.6 is 23.2 Å². The number of halogens is 2. The van der Waals surface area contributed by atoms with Crippen LogP contribution < -0.4 is 0 Å². The van der Waals surface area contributed by atoms with Crippen LogP contribution in [0.4, 0.5) is 0 Å². The summed E-state index contributed by atoms with van der Waals surface area (Å²) in [6, 6.07) is 0. The van der Waals surface area contributed by atoms with E-state index >= 15 is 0 Å². The van der Waals surface area contributed by atoms with Gasteiger partial charge in [0.1, 0.15) is 4.84 Å². The quantitative estimate of drug-likeness (QED) is 0.487. The molecule has 0 aromatic rings. The van der Waals surface area contributed by atoms with Gasteiger partial charge in [0.25, 0.3) is 0 Å². The van der Waals surface area contributed by atoms with Gasteiger partial charge in [-0.3, -0.25) is 0 Å². The Bertz CT molecular complexity index is 74.1. The molecule has 0 aromatic carbocycles. The molecule has 2 nitrogen and oxygen atoms in total. The van der Waals surface area contributed by atoms with Crippen LogP contribution in [0.25, 0.3) is 0 Å². The summed E-state index contributed by atoms with van der Waals surface area (Å²) in [7, 11) is 0. The first-order valence-corrected chi connectivity index (χ1v) is 3.63. The Kier molecular flexibility index (Phi) is 4.02. The van der Waals surface area contributed by atoms with Crippen LogP contribution in [0.5, 0.6) is 0 Å². The Labute approximate surface area is 54.1 Å². The van der Waals surface area contributed by atoms with Gasteiger partial charge in [0.05, 0.1) is 5.75 Å². The Balaban J connectivity index is 3.13. The van der Waals surface area contributed by atoms with Gasteiger partial charge in [0, 0.05) is 0 Å². The van der Waals surface area contributed by atoms with Crippen molar-refractivity contribution >= 4 is 34.3 Å². The standard InChI is InChI=1S/C2H4Cl2O2S/c3-2(4)1-7(5)6/h2H,1H2,(H,5,6). The van der Waals surface area contributed by atoms with Crippen molar-refractivity contribution in [1.82, 2.24) is 0 Å². The van der Waals surface area contributed by atoms with Gasteiger partial charge in [-0.15, -0.1) is 23.2 Å². The van der Waals surface area contributed by atoms with E-state index < -0.39 is 15.9 Å². The van der Waals surface area contributed by atoms with Crippen LogP contribution in [0.1, 0.15) is 0 Å². The maximum atomic E-state index is 9.75. The molecule has 1 unspecified atom stereocenters. The zero-order valence-corrected chi connectivity index (χ0v) is 5.63. The summed E-state index contributed by atoms with van der Waals surface area (Å²) in [6.45, 7) is 0. The molecular formula is C2H4Cl2O2S. The van der Waals surface area contributed by atoms with Crippen molar-refractivity contribution < 1.29 is 8.76 Å². The summed E-state index contributed by atoms with van der Waals surface area (Å²) in [5.74, 6) is -0.0802. The van der Waals surface area contributed by atoms with Gasteiger partial charge in [0.15, 0.2) is 11.1 Å². The molecule has 0 aliphatic heterocycles. The molecule has 0 bridgehead atoms. The SMILES string of the molecule is O=S(O)CC(Cl)Cl. The van der Waals surface area contributed by atoms with Gasteiger partial charge >= 0.3 is 0 Å². The second kappa shape index (κ2) is 3.66. The van der Waals surface area contributed by atoms with Gasteiger partial charge in [-0.25, -0.2) is 4.21 Å². The predicted molar refractivity (Wildman–Crippen MR) is 31.1 cm³/mol. The van der Waals surface area contributed by atoms with Crippen molar-refractivity contribution in [2.45, 2.75) is 4.84 Å². The van der Waals surface area contributed by atoms with Crippen LogP contribution in [0, 0.1) is 0 Å². The van der Waals surface area contributed by atoms with Crippen LogP contribution in [0.3, 0.4) is 0 Å². The van der Waals surface area contributed by atoms with Crippen molar-refractivity contribution in [3.63, 3.8) is 0 Å². The number of hydrogen-bond donors (Lipinski definition) is 1. The minimum atomic E-state index is -1.86. The maximum Gasteiger partial charge on any atom is 0.155 e. The van der Waals surface area contributed by atoms with E-state index in [0.717, 1.165) is 0 Å². The lowest BCUT2D eigenvalue weighted by molar-refractivity contribution is 0.565. The fraction of sp³-hybridized carbons (Fsp3) is 1.00. The Hall–Kier alpha value is 0.690. The summed E-state index contributed by atoms with van der Waals surface area (Å²) in [4.78, 5) is -0.731. The van der Waals surface area contributed by atoms with E-state index in [-0.39, 0.29) is 5.75 Å². The molecule has 0 amide bonds. The lowest BCUT2D eigenvalue weighted by atomic mass is 10.9. The topological polar surface area (TPSA) is 37.3 Å². The highest BCUT2D eigenvalue weighted by molar-refractivity contribution is 7.79. The monoisotopic (exact) mass is 162 g/mol. The second-order valence-electron chi connectivity index (χ2n) is 0.879. The Morgan fingerprint density at radius 1 is 1.71 bits per heavy atom. The smallest absolute Gasteiger partial charge is 0.155 e. The molecule has 0 rings (SSSR count). The molecule has 7 heavy (non-hydrogen) atoms. The number of alkyl halides is 2. The third-order valence-corrected chi connectivity index (χ3v) is 1.56. The molecule has 0 heterocycles. The molecule has 0 fully saturated rings. The van der Waals surface area contributed by atoms with E-state index in [1.807, 2.05) is 0 Å². The molecule has 0 aromatic heterocycles. The fourth-order valence-electron chi connectivity index (χ4n) is 0.108. The maximum absolute atomic E-state index is 9.75. The lowest BCUT2D eigenvalue weighted by Gasteiger charge is -1.90. The summed E-state index contributed by atoms with van der Waals surface area (Å²) < 4.78 is 17.8. The molecule has 5 heteroatoms. The van der Waals surface area contributed by atoms with E-state index in [0.29, 0.717) is 0 Å². The molecule has 1 N–H and O–H groups in total. The highest BCUT2D eigenvalue weighted by Crippen LogP contribution is 2.00. The molecular weight excluding hydrogens is 159 g/mol. The third kappa shape index (κ3) is 6.69. The van der Waals surface area contributed by atoms with E-state index in [1.54, 1.807) is 0 Å². The third-order valence-electron chi connectivity index (χ3n) is 0.269. The number of hydrogen-bond acceptors (Lipinski definition) is 1. The van der Waals surface area contributed by atoms with Crippen molar-refractivity contribution in [1.29, 1.82) is 0 Å². The van der Waals surface area contributed by atoms with Gasteiger partial charge in [-0.1, -0.05) is 0 Å². The molecule has 44 valence electrons. The first-order chi connectivity index (χ1) is 3.13. The Morgan fingerprint density at radius 2 is 2.14 bits per heavy atom. The van der Waals surface area contributed by atoms with Crippen LogP contribution in [-0.4, -0.2) is 19.4 Å². The average Bonchev–Trinajstić information content (AvgIpc) is 1.27. The minimum Gasteiger partial charge on any atom is -0.306 e. The second-order valence-corrected chi connectivity index (χ2v) is 3.13. The van der Waals surface area contributed by atoms with E-state index in [2.05, 4.69) is 0 Å². The van der Waals surface area contributed by atoms with Crippen molar-refractivity contribution in [3.8, 4) is 0 Å². The van der Waals surface area contributed by atoms with Crippen molar-refractivity contribution in [3.05, 3.63) is 0 Å². The number of rotatable bonds is 2. The molecule has 0 spiro atoms. The summed E-state index contributed by atoms with van der Waals surface area (Å²) in [6.07, 6.45) is 0. The van der Waals surface area contributed by atoms with Crippen LogP contribution in [0.15, 0.2) is 0 Å². The predicted octanol–water partition coefficient (Wildman–Crippen LogP) is 1.01. The van der Waals surface area contributed by atoms with Crippen molar-refractivity contribution in [2.75, 3.05) is 5.75 Å². The molecule has 1 atom stereocenters. The minimum absolute atomic E-state index is 0.0802. The zero-order chi connectivity index (χ0) is 5.86. The van der Waals surface area contributed by atoms with Gasteiger partial charge in [0.2, 0.25) is 0 Å². The van der Waals surface area contributed by atoms with Crippen LogP contribution in [0.2, 0.25) is 0 Å². The normalized spacial score (nSPS) is 14.9. The highest BCUT2D eigenvalue weighted by Gasteiger charge is 2.00. The molecule has 0 saturated carbocycles. The fourth-order valence-corrected chi connectivity index (χ4v) is 0.970. The molecule has 0 saturated heterocycles. The zero-order valence-electron chi connectivity index (χ0n) is 3.30. The first kappa shape index (κ1) is 7.69. The molecule has 0 aliphatic carbocycles. The van der Waals surface area contributed by atoms with Crippen LogP contribution in [-0.2, 0) is 11.1 Å². The van der Waals surface area contributed by atoms with E-state index in [1.165, 1.54) is 0 Å². The molecule has 0 aliphatic rings. The summed E-state index contributed by atoms with van der Waals surface area (Å²) in [5, 5.41) is 0. The lowest BCUT2D eigenvalue weighted by Crippen LogP contribution is -2.01. The summed E-state index contributed by atoms with van der Waals surface area (Å²) in [5.41, 5.74) is 0. The van der Waals surface area contributed by atoms with E-state index in [9.17, 15) is 4.21 Å². The largest absolute Gasteiger partial charge is 0.306 e. The Morgan fingerprint density at radius 3 is 2.14 bits per heavy atom. The first-order valence-electron chi connectivity index (χ1n) is 1.48. The van der Waals surface area contributed by atoms with Gasteiger partial charge < -0.3 is 4.55 Å². The molecule has 0 radical (unpaired) electrons. The summed E-state index contributed by atoms with van der Waals surface area (Å²) >= 11 is 8.31.